The van der Waals surface area contributed by atoms with Crippen LogP contribution in [0.1, 0.15) is 78.1 Å². The summed E-state index contributed by atoms with van der Waals surface area (Å²) in [6, 6.07) is 0. The Balaban J connectivity index is 1.76. The fourth-order valence-corrected chi connectivity index (χ4v) is 5.53. The number of nitrogens with zero attached hydrogens (tertiary/aromatic N) is 2. The largest absolute Gasteiger partial charge is 0.336 e. The van der Waals surface area contributed by atoms with Crippen LogP contribution in [0.4, 0.5) is 0 Å². The van der Waals surface area contributed by atoms with Crippen LogP contribution in [0.25, 0.3) is 0 Å². The van der Waals surface area contributed by atoms with E-state index in [9.17, 15) is 0 Å². The Morgan fingerprint density at radius 1 is 1.13 bits per heavy atom. The lowest BCUT2D eigenvalue weighted by molar-refractivity contribution is 0.240. The molecule has 1 aromatic heterocycles. The van der Waals surface area contributed by atoms with Gasteiger partial charge in [0.05, 0.1) is 6.33 Å². The van der Waals surface area contributed by atoms with Crippen LogP contribution in [0.3, 0.4) is 0 Å². The summed E-state index contributed by atoms with van der Waals surface area (Å²) in [6.07, 6.45) is 20.2. The quantitative estimate of drug-likeness (QED) is 0.450. The lowest BCUT2D eigenvalue weighted by Crippen LogP contribution is -2.30. The van der Waals surface area contributed by atoms with Gasteiger partial charge in [-0.2, -0.15) is 11.8 Å². The number of hydrogen-bond acceptors (Lipinski definition) is 2. The normalized spacial score (nSPS) is 23.0. The Labute approximate surface area is 147 Å². The molecule has 3 atom stereocenters. The maximum Gasteiger partial charge on any atom is 0.0946 e. The average molecular weight is 337 g/mol. The summed E-state index contributed by atoms with van der Waals surface area (Å²) in [5, 5.41) is 0.773. The topological polar surface area (TPSA) is 17.8 Å². The predicted octanol–water partition coefficient (Wildman–Crippen LogP) is 6.17. The van der Waals surface area contributed by atoms with Crippen molar-refractivity contribution in [2.45, 2.75) is 89.9 Å². The van der Waals surface area contributed by atoms with E-state index in [1.165, 1.54) is 70.0 Å². The van der Waals surface area contributed by atoms with Gasteiger partial charge in [0, 0.05) is 24.2 Å². The minimum atomic E-state index is 0.773. The van der Waals surface area contributed by atoms with Crippen molar-refractivity contribution < 1.29 is 0 Å². The van der Waals surface area contributed by atoms with Gasteiger partial charge in [-0.3, -0.25) is 0 Å². The summed E-state index contributed by atoms with van der Waals surface area (Å²) in [6.45, 7) is 5.92. The van der Waals surface area contributed by atoms with E-state index in [0.717, 1.165) is 23.6 Å². The maximum atomic E-state index is 4.23. The highest BCUT2D eigenvalue weighted by atomic mass is 32.2. The summed E-state index contributed by atoms with van der Waals surface area (Å²) in [4.78, 5) is 4.23. The number of aromatic nitrogens is 2. The van der Waals surface area contributed by atoms with Crippen LogP contribution in [0, 0.1) is 11.8 Å². The van der Waals surface area contributed by atoms with Gasteiger partial charge in [0.25, 0.3) is 0 Å². The molecule has 0 bridgehead atoms. The molecule has 0 N–H and O–H groups in total. The van der Waals surface area contributed by atoms with Crippen LogP contribution in [0.5, 0.6) is 0 Å². The summed E-state index contributed by atoms with van der Waals surface area (Å²) in [7, 11) is 0. The number of thioether (sulfide) groups is 1. The van der Waals surface area contributed by atoms with Crippen LogP contribution >= 0.6 is 11.8 Å². The molecule has 1 fully saturated rings. The van der Waals surface area contributed by atoms with E-state index in [1.54, 1.807) is 0 Å². The highest BCUT2D eigenvalue weighted by molar-refractivity contribution is 7.99. The Bertz CT molecular complexity index is 390. The molecule has 1 aromatic rings. The third-order valence-corrected chi connectivity index (χ3v) is 6.89. The van der Waals surface area contributed by atoms with Gasteiger partial charge in [-0.25, -0.2) is 4.98 Å². The summed E-state index contributed by atoms with van der Waals surface area (Å²) in [5.41, 5.74) is 0. The Morgan fingerprint density at radius 2 is 1.91 bits per heavy atom. The second-order valence-corrected chi connectivity index (χ2v) is 8.71. The first-order valence-corrected chi connectivity index (χ1v) is 10.9. The molecule has 0 spiro atoms. The first kappa shape index (κ1) is 18.9. The SMILES string of the molecule is CCCCCCCCSC(Cn1ccnc1)C1CCCCC1C. The molecule has 1 saturated carbocycles. The number of hydrogen-bond donors (Lipinski definition) is 0. The zero-order valence-electron chi connectivity index (χ0n) is 15.3. The molecule has 1 aliphatic rings. The van der Waals surface area contributed by atoms with Crippen LogP contribution in [0.2, 0.25) is 0 Å². The van der Waals surface area contributed by atoms with E-state index in [0.29, 0.717) is 0 Å². The summed E-state index contributed by atoms with van der Waals surface area (Å²) < 4.78 is 2.29. The molecule has 132 valence electrons. The average Bonchev–Trinajstić information content (AvgIpc) is 3.06. The van der Waals surface area contributed by atoms with E-state index < -0.39 is 0 Å². The lowest BCUT2D eigenvalue weighted by Gasteiger charge is -2.35. The van der Waals surface area contributed by atoms with Crippen molar-refractivity contribution in [3.05, 3.63) is 18.7 Å². The van der Waals surface area contributed by atoms with Gasteiger partial charge >= 0.3 is 0 Å². The van der Waals surface area contributed by atoms with Crippen molar-refractivity contribution in [1.29, 1.82) is 0 Å². The van der Waals surface area contributed by atoms with Crippen molar-refractivity contribution in [2.24, 2.45) is 11.8 Å². The van der Waals surface area contributed by atoms with Gasteiger partial charge in [0.15, 0.2) is 0 Å². The molecule has 0 radical (unpaired) electrons. The highest BCUT2D eigenvalue weighted by Gasteiger charge is 2.29. The van der Waals surface area contributed by atoms with Crippen LogP contribution in [0.15, 0.2) is 18.7 Å². The van der Waals surface area contributed by atoms with Crippen molar-refractivity contribution in [1.82, 2.24) is 9.55 Å². The van der Waals surface area contributed by atoms with Crippen molar-refractivity contribution >= 4 is 11.8 Å². The first-order valence-electron chi connectivity index (χ1n) is 9.88. The van der Waals surface area contributed by atoms with Gasteiger partial charge < -0.3 is 4.57 Å². The fourth-order valence-electron chi connectivity index (χ4n) is 3.93. The smallest absolute Gasteiger partial charge is 0.0946 e. The number of rotatable bonds is 11. The molecular formula is C20H36N2S. The van der Waals surface area contributed by atoms with E-state index >= 15 is 0 Å². The molecule has 3 unspecified atom stereocenters. The molecule has 23 heavy (non-hydrogen) atoms. The standard InChI is InChI=1S/C20H36N2S/c1-3-4-5-6-7-10-15-23-20(16-22-14-13-21-17-22)19-12-9-8-11-18(19)2/h13-14,17-20H,3-12,15-16H2,1-2H3. The molecule has 1 heterocycles. The third-order valence-electron chi connectivity index (χ3n) is 5.44. The maximum absolute atomic E-state index is 4.23. The highest BCUT2D eigenvalue weighted by Crippen LogP contribution is 2.38. The Hall–Kier alpha value is -0.440. The van der Waals surface area contributed by atoms with Crippen LogP contribution in [-0.4, -0.2) is 20.6 Å². The van der Waals surface area contributed by atoms with Gasteiger partial charge in [-0.05, 0) is 30.4 Å². The molecular weight excluding hydrogens is 300 g/mol. The molecule has 2 nitrogen and oxygen atoms in total. The minimum Gasteiger partial charge on any atom is -0.336 e. The van der Waals surface area contributed by atoms with Crippen LogP contribution in [-0.2, 0) is 6.54 Å². The summed E-state index contributed by atoms with van der Waals surface area (Å²) in [5.74, 6) is 3.14. The van der Waals surface area contributed by atoms with E-state index in [2.05, 4.69) is 41.4 Å². The fraction of sp³-hybridized carbons (Fsp3) is 0.850. The molecule has 3 heteroatoms. The number of unbranched alkanes of at least 4 members (excludes halogenated alkanes) is 5. The second-order valence-electron chi connectivity index (χ2n) is 7.36. The lowest BCUT2D eigenvalue weighted by atomic mass is 9.78. The van der Waals surface area contributed by atoms with Gasteiger partial charge in [0.2, 0.25) is 0 Å². The van der Waals surface area contributed by atoms with Crippen molar-refractivity contribution in [2.75, 3.05) is 5.75 Å². The van der Waals surface area contributed by atoms with Gasteiger partial charge in [0.1, 0.15) is 0 Å². The second kappa shape index (κ2) is 11.2. The Kier molecular flexibility index (Phi) is 9.18. The van der Waals surface area contributed by atoms with Crippen molar-refractivity contribution in [3.63, 3.8) is 0 Å². The van der Waals surface area contributed by atoms with E-state index in [1.807, 2.05) is 12.5 Å². The zero-order chi connectivity index (χ0) is 16.3. The molecule has 0 aromatic carbocycles. The Morgan fingerprint density at radius 3 is 2.65 bits per heavy atom. The first-order chi connectivity index (χ1) is 11.3. The van der Waals surface area contributed by atoms with E-state index in [4.69, 9.17) is 0 Å². The zero-order valence-corrected chi connectivity index (χ0v) is 16.1. The predicted molar refractivity (Wildman–Crippen MR) is 103 cm³/mol. The molecule has 0 amide bonds. The van der Waals surface area contributed by atoms with E-state index in [-0.39, 0.29) is 0 Å². The molecule has 1 aliphatic carbocycles. The molecule has 0 aliphatic heterocycles. The molecule has 0 saturated heterocycles. The van der Waals surface area contributed by atoms with Crippen LogP contribution < -0.4 is 0 Å². The monoisotopic (exact) mass is 336 g/mol. The summed E-state index contributed by atoms with van der Waals surface area (Å²) >= 11 is 2.25. The minimum absolute atomic E-state index is 0.773. The number of imidazole rings is 1. The van der Waals surface area contributed by atoms with Crippen molar-refractivity contribution in [3.8, 4) is 0 Å². The third kappa shape index (κ3) is 6.91. The molecule has 2 rings (SSSR count). The van der Waals surface area contributed by atoms with Gasteiger partial charge in [-0.1, -0.05) is 65.2 Å². The van der Waals surface area contributed by atoms with Gasteiger partial charge in [-0.15, -0.1) is 0 Å².